The molecule has 0 aliphatic heterocycles. The first-order chi connectivity index (χ1) is 16.7. The summed E-state index contributed by atoms with van der Waals surface area (Å²) in [5, 5.41) is 21.6. The number of nitrogens with one attached hydrogen (secondary N) is 2. The summed E-state index contributed by atoms with van der Waals surface area (Å²) in [4.78, 5) is 25.1. The van der Waals surface area contributed by atoms with Crippen LogP contribution >= 0.6 is 11.6 Å². The van der Waals surface area contributed by atoms with E-state index in [2.05, 4.69) is 20.3 Å². The number of hydrogen-bond donors (Lipinski definition) is 4. The Bertz CT molecular complexity index is 1290. The number of aromatic nitrogens is 2. The number of amides is 1. The molecular formula is C24H22ClFN6O3. The Morgan fingerprint density at radius 1 is 1.23 bits per heavy atom. The maximum absolute atomic E-state index is 13.2. The van der Waals surface area contributed by atoms with E-state index >= 15 is 0 Å². The lowest BCUT2D eigenvalue weighted by Crippen LogP contribution is -2.20. The fourth-order valence-electron chi connectivity index (χ4n) is 2.68. The molecule has 0 atom stereocenters. The van der Waals surface area contributed by atoms with Crippen LogP contribution in [-0.2, 0) is 4.79 Å². The van der Waals surface area contributed by atoms with E-state index < -0.39 is 17.5 Å². The van der Waals surface area contributed by atoms with Gasteiger partial charge in [-0.1, -0.05) is 11.6 Å². The molecule has 35 heavy (non-hydrogen) atoms. The number of aliphatic imine (C=N–C) groups is 1. The number of rotatable bonds is 8. The summed E-state index contributed by atoms with van der Waals surface area (Å²) < 4.78 is 18.8. The Morgan fingerprint density at radius 2 is 1.94 bits per heavy atom. The van der Waals surface area contributed by atoms with Crippen molar-refractivity contribution in [2.75, 3.05) is 11.1 Å². The van der Waals surface area contributed by atoms with Crippen LogP contribution in [0.2, 0.25) is 5.02 Å². The first kappa shape index (κ1) is 25.3. The molecule has 2 aromatic heterocycles. The number of benzene rings is 1. The van der Waals surface area contributed by atoms with Gasteiger partial charge in [0.05, 0.1) is 11.9 Å². The molecule has 11 heteroatoms. The highest BCUT2D eigenvalue weighted by molar-refractivity contribution is 6.34. The van der Waals surface area contributed by atoms with Crippen LogP contribution in [0.4, 0.5) is 15.9 Å². The van der Waals surface area contributed by atoms with E-state index in [0.29, 0.717) is 5.69 Å². The molecule has 1 amide bonds. The second-order valence-electron chi connectivity index (χ2n) is 7.47. The molecule has 0 unspecified atom stereocenters. The summed E-state index contributed by atoms with van der Waals surface area (Å²) in [6, 6.07) is 9.34. The van der Waals surface area contributed by atoms with Gasteiger partial charge in [0.1, 0.15) is 27.9 Å². The predicted octanol–water partition coefficient (Wildman–Crippen LogP) is 4.94. The first-order valence-corrected chi connectivity index (χ1v) is 10.7. The molecule has 1 aromatic carbocycles. The zero-order chi connectivity index (χ0) is 25.5. The minimum Gasteiger partial charge on any atom is -0.505 e. The number of carbonyl (C=O) groups excluding carboxylic acids is 1. The van der Waals surface area contributed by atoms with Crippen LogP contribution < -0.4 is 15.8 Å². The van der Waals surface area contributed by atoms with Crippen LogP contribution in [0, 0.1) is 11.2 Å². The third-order valence-corrected chi connectivity index (χ3v) is 4.84. The van der Waals surface area contributed by atoms with Crippen LogP contribution in [0.15, 0.2) is 71.2 Å². The topological polar surface area (TPSA) is 147 Å². The Labute approximate surface area is 205 Å². The van der Waals surface area contributed by atoms with Crippen LogP contribution in [0.1, 0.15) is 19.4 Å². The minimum atomic E-state index is -0.723. The average molecular weight is 497 g/mol. The molecule has 0 radical (unpaired) electrons. The third kappa shape index (κ3) is 6.61. The van der Waals surface area contributed by atoms with Crippen molar-refractivity contribution < 1.29 is 19.0 Å². The highest BCUT2D eigenvalue weighted by Crippen LogP contribution is 2.31. The smallest absolute Gasteiger partial charge is 0.261 e. The summed E-state index contributed by atoms with van der Waals surface area (Å²) in [5.41, 5.74) is 5.57. The number of ether oxygens (including phenoxy) is 1. The van der Waals surface area contributed by atoms with Gasteiger partial charge in [-0.15, -0.1) is 0 Å². The lowest BCUT2D eigenvalue weighted by Gasteiger charge is -2.11. The summed E-state index contributed by atoms with van der Waals surface area (Å²) in [6.07, 6.45) is 3.97. The largest absolute Gasteiger partial charge is 0.505 e. The predicted molar refractivity (Wildman–Crippen MR) is 133 cm³/mol. The lowest BCUT2D eigenvalue weighted by atomic mass is 10.0. The molecule has 0 bridgehead atoms. The summed E-state index contributed by atoms with van der Waals surface area (Å²) in [5.74, 6) is -1.26. The quantitative estimate of drug-likeness (QED) is 0.197. The highest BCUT2D eigenvalue weighted by Gasteiger charge is 2.19. The van der Waals surface area contributed by atoms with E-state index in [1.54, 1.807) is 13.8 Å². The Morgan fingerprint density at radius 3 is 2.57 bits per heavy atom. The van der Waals surface area contributed by atoms with E-state index in [1.165, 1.54) is 48.9 Å². The van der Waals surface area contributed by atoms with Gasteiger partial charge in [0.2, 0.25) is 5.88 Å². The SMILES string of the molecule is CC(C)N=CC(C(=O)Nc1ccc(Oc2ccnc(N)c2Cl)nc1)=C(O)C(=N)c1ccc(F)cc1. The van der Waals surface area contributed by atoms with Gasteiger partial charge in [-0.2, -0.15) is 0 Å². The van der Waals surface area contributed by atoms with Gasteiger partial charge in [-0.3, -0.25) is 15.2 Å². The Kier molecular flexibility index (Phi) is 8.11. The van der Waals surface area contributed by atoms with E-state index in [0.717, 1.165) is 12.1 Å². The number of halogens is 2. The van der Waals surface area contributed by atoms with Crippen LogP contribution in [-0.4, -0.2) is 38.9 Å². The van der Waals surface area contributed by atoms with E-state index in [-0.39, 0.29) is 45.4 Å². The number of carbonyl (C=O) groups is 1. The van der Waals surface area contributed by atoms with Crippen molar-refractivity contribution in [3.63, 3.8) is 0 Å². The fraction of sp³-hybridized carbons (Fsp3) is 0.125. The van der Waals surface area contributed by atoms with Gasteiger partial charge in [-0.05, 0) is 44.2 Å². The van der Waals surface area contributed by atoms with E-state index in [4.69, 9.17) is 27.5 Å². The van der Waals surface area contributed by atoms with Crippen LogP contribution in [0.5, 0.6) is 11.6 Å². The molecule has 0 fully saturated rings. The van der Waals surface area contributed by atoms with Gasteiger partial charge in [-0.25, -0.2) is 14.4 Å². The molecule has 180 valence electrons. The third-order valence-electron chi connectivity index (χ3n) is 4.46. The number of aliphatic hydroxyl groups is 1. The standard InChI is InChI=1S/C24H22ClFN6O3/c1-13(2)30-12-17(22(33)21(27)14-3-5-15(26)6-4-14)24(34)32-16-7-8-19(31-11-16)35-18-9-10-29-23(28)20(18)25/h3-13,27,33H,1-2H3,(H2,28,29)(H,32,34). The molecule has 0 saturated carbocycles. The number of nitrogen functional groups attached to an aromatic ring is 1. The van der Waals surface area contributed by atoms with Crippen molar-refractivity contribution in [2.24, 2.45) is 4.99 Å². The zero-order valence-corrected chi connectivity index (χ0v) is 19.5. The number of nitrogens with zero attached hydrogens (tertiary/aromatic N) is 3. The number of hydrogen-bond acceptors (Lipinski definition) is 8. The lowest BCUT2D eigenvalue weighted by molar-refractivity contribution is -0.112. The molecule has 5 N–H and O–H groups in total. The molecule has 0 saturated heterocycles. The van der Waals surface area contributed by atoms with Crippen molar-refractivity contribution in [2.45, 2.75) is 19.9 Å². The highest BCUT2D eigenvalue weighted by atomic mass is 35.5. The maximum Gasteiger partial charge on any atom is 0.261 e. The average Bonchev–Trinajstić information content (AvgIpc) is 2.83. The Balaban J connectivity index is 1.81. The zero-order valence-electron chi connectivity index (χ0n) is 18.8. The monoisotopic (exact) mass is 496 g/mol. The van der Waals surface area contributed by atoms with Gasteiger partial charge in [0.25, 0.3) is 5.91 Å². The molecule has 3 aromatic rings. The van der Waals surface area contributed by atoms with Gasteiger partial charge >= 0.3 is 0 Å². The fourth-order valence-corrected chi connectivity index (χ4v) is 2.84. The molecule has 3 rings (SSSR count). The van der Waals surface area contributed by atoms with E-state index in [1.807, 2.05) is 0 Å². The van der Waals surface area contributed by atoms with Gasteiger partial charge < -0.3 is 20.9 Å². The molecule has 2 heterocycles. The van der Waals surface area contributed by atoms with Gasteiger partial charge in [0, 0.05) is 36.1 Å². The molecule has 0 aliphatic carbocycles. The number of anilines is 2. The molecule has 9 nitrogen and oxygen atoms in total. The normalized spacial score (nSPS) is 11.9. The van der Waals surface area contributed by atoms with Crippen molar-refractivity contribution in [1.29, 1.82) is 5.41 Å². The maximum atomic E-state index is 13.2. The minimum absolute atomic E-state index is 0.112. The van der Waals surface area contributed by atoms with Crippen LogP contribution in [0.25, 0.3) is 0 Å². The summed E-state index contributed by atoms with van der Waals surface area (Å²) >= 11 is 6.06. The summed E-state index contributed by atoms with van der Waals surface area (Å²) in [7, 11) is 0. The number of aliphatic hydroxyl groups excluding tert-OH is 1. The van der Waals surface area contributed by atoms with Crippen molar-refractivity contribution in [3.05, 3.63) is 82.6 Å². The number of pyridine rings is 2. The number of allylic oxidation sites excluding steroid dienone is 1. The van der Waals surface area contributed by atoms with Crippen molar-refractivity contribution >= 4 is 40.9 Å². The van der Waals surface area contributed by atoms with Crippen LogP contribution in [0.3, 0.4) is 0 Å². The number of nitrogens with two attached hydrogens (primary N) is 1. The Hall–Kier alpha value is -4.31. The van der Waals surface area contributed by atoms with E-state index in [9.17, 15) is 14.3 Å². The first-order valence-electron chi connectivity index (χ1n) is 10.3. The summed E-state index contributed by atoms with van der Waals surface area (Å²) in [6.45, 7) is 3.58. The van der Waals surface area contributed by atoms with Crippen molar-refractivity contribution in [1.82, 2.24) is 9.97 Å². The molecular weight excluding hydrogens is 475 g/mol. The molecule has 0 spiro atoms. The van der Waals surface area contributed by atoms with Gasteiger partial charge in [0.15, 0.2) is 11.5 Å². The second-order valence-corrected chi connectivity index (χ2v) is 7.84. The van der Waals surface area contributed by atoms with Crippen molar-refractivity contribution in [3.8, 4) is 11.6 Å². The molecule has 0 aliphatic rings. The second kappa shape index (κ2) is 11.2.